The number of nitrogen functional groups attached to an aromatic ring is 1. The van der Waals surface area contributed by atoms with Crippen molar-refractivity contribution < 1.29 is 0 Å². The number of nitrogens with zero attached hydrogens (tertiary/aromatic N) is 2. The molecule has 0 aliphatic rings. The van der Waals surface area contributed by atoms with Crippen LogP contribution in [0.3, 0.4) is 0 Å². The van der Waals surface area contributed by atoms with Crippen LogP contribution in [0, 0.1) is 0 Å². The Labute approximate surface area is 160 Å². The van der Waals surface area contributed by atoms with Crippen LogP contribution in [0.4, 0.5) is 17.2 Å². The molecule has 0 radical (unpaired) electrons. The lowest BCUT2D eigenvalue weighted by molar-refractivity contribution is 1.06. The third-order valence-corrected chi connectivity index (χ3v) is 5.20. The zero-order chi connectivity index (χ0) is 17.9. The smallest absolute Gasteiger partial charge is 0.158 e. The Hall–Kier alpha value is -2.76. The summed E-state index contributed by atoms with van der Waals surface area (Å²) in [5.74, 6) is 0.591. The highest BCUT2D eigenvalue weighted by Gasteiger charge is 2.11. The molecule has 0 saturated heterocycles. The van der Waals surface area contributed by atoms with Gasteiger partial charge in [-0.1, -0.05) is 59.8 Å². The quantitative estimate of drug-likeness (QED) is 0.442. The van der Waals surface area contributed by atoms with E-state index >= 15 is 0 Å². The van der Waals surface area contributed by atoms with Gasteiger partial charge in [0.1, 0.15) is 17.0 Å². The maximum absolute atomic E-state index is 6.32. The summed E-state index contributed by atoms with van der Waals surface area (Å²) < 4.78 is 0. The average molecular weight is 379 g/mol. The Bertz CT molecular complexity index is 1060. The third kappa shape index (κ3) is 3.45. The number of fused-ring (bicyclic) bond motifs is 1. The summed E-state index contributed by atoms with van der Waals surface area (Å²) in [5, 5.41) is 7.00. The Morgan fingerprint density at radius 1 is 0.885 bits per heavy atom. The monoisotopic (exact) mass is 378 g/mol. The van der Waals surface area contributed by atoms with E-state index in [0.717, 1.165) is 21.4 Å². The molecule has 4 aromatic rings. The molecule has 1 heterocycles. The minimum Gasteiger partial charge on any atom is -0.394 e. The lowest BCUT2D eigenvalue weighted by Gasteiger charge is -2.12. The number of hydrogen-bond donors (Lipinski definition) is 2. The van der Waals surface area contributed by atoms with E-state index in [-0.39, 0.29) is 0 Å². The van der Waals surface area contributed by atoms with Crippen LogP contribution < -0.4 is 11.1 Å². The van der Waals surface area contributed by atoms with Crippen molar-refractivity contribution >= 4 is 51.3 Å². The van der Waals surface area contributed by atoms with Gasteiger partial charge in [0.15, 0.2) is 5.82 Å². The number of aromatic nitrogens is 2. The summed E-state index contributed by atoms with van der Waals surface area (Å²) in [6.45, 7) is 0. The first-order valence-corrected chi connectivity index (χ1v) is 9.19. The third-order valence-electron chi connectivity index (χ3n) is 3.92. The van der Waals surface area contributed by atoms with Gasteiger partial charge in [0, 0.05) is 21.0 Å². The van der Waals surface area contributed by atoms with Crippen molar-refractivity contribution in [2.75, 3.05) is 11.1 Å². The second-order valence-corrected chi connectivity index (χ2v) is 7.15. The summed E-state index contributed by atoms with van der Waals surface area (Å²) in [7, 11) is 0. The second-order valence-electron chi connectivity index (χ2n) is 5.65. The molecule has 0 aliphatic heterocycles. The summed E-state index contributed by atoms with van der Waals surface area (Å²) in [4.78, 5) is 9.64. The topological polar surface area (TPSA) is 63.8 Å². The first kappa shape index (κ1) is 16.7. The molecule has 0 fully saturated rings. The highest BCUT2D eigenvalue weighted by Crippen LogP contribution is 2.35. The molecule has 0 amide bonds. The predicted octanol–water partition coefficient (Wildman–Crippen LogP) is 5.76. The standard InChI is InChI=1S/C20H15ClN4S/c21-14-8-10-15(11-9-14)26-20-18(22)19(23-12-24-20)25-17-7-3-5-13-4-1-2-6-16(13)17/h1-12H,22H2,(H,23,24,25). The molecule has 6 heteroatoms. The Morgan fingerprint density at radius 3 is 2.50 bits per heavy atom. The van der Waals surface area contributed by atoms with Gasteiger partial charge in [-0.2, -0.15) is 0 Å². The van der Waals surface area contributed by atoms with Gasteiger partial charge < -0.3 is 11.1 Å². The van der Waals surface area contributed by atoms with Gasteiger partial charge in [0.25, 0.3) is 0 Å². The molecule has 4 nitrogen and oxygen atoms in total. The van der Waals surface area contributed by atoms with Crippen molar-refractivity contribution in [3.05, 3.63) is 78.1 Å². The molecule has 0 spiro atoms. The largest absolute Gasteiger partial charge is 0.394 e. The van der Waals surface area contributed by atoms with E-state index < -0.39 is 0 Å². The zero-order valence-electron chi connectivity index (χ0n) is 13.7. The van der Waals surface area contributed by atoms with Crippen LogP contribution in [0.1, 0.15) is 0 Å². The van der Waals surface area contributed by atoms with Crippen LogP contribution in [0.2, 0.25) is 5.02 Å². The summed E-state index contributed by atoms with van der Waals surface area (Å²) in [6.07, 6.45) is 1.52. The fraction of sp³-hybridized carbons (Fsp3) is 0. The van der Waals surface area contributed by atoms with Crippen molar-refractivity contribution in [2.45, 2.75) is 9.92 Å². The number of nitrogens with two attached hydrogens (primary N) is 1. The van der Waals surface area contributed by atoms with E-state index in [1.807, 2.05) is 48.5 Å². The van der Waals surface area contributed by atoms with Crippen molar-refractivity contribution in [1.29, 1.82) is 0 Å². The van der Waals surface area contributed by atoms with Crippen molar-refractivity contribution in [3.63, 3.8) is 0 Å². The summed E-state index contributed by atoms with van der Waals surface area (Å²) >= 11 is 7.42. The SMILES string of the molecule is Nc1c(Nc2cccc3ccccc23)ncnc1Sc1ccc(Cl)cc1. The van der Waals surface area contributed by atoms with E-state index in [4.69, 9.17) is 17.3 Å². The molecule has 3 N–H and O–H groups in total. The first-order chi connectivity index (χ1) is 12.7. The summed E-state index contributed by atoms with van der Waals surface area (Å²) in [5.41, 5.74) is 7.79. The van der Waals surface area contributed by atoms with Crippen LogP contribution >= 0.6 is 23.4 Å². The lowest BCUT2D eigenvalue weighted by Crippen LogP contribution is -2.02. The lowest BCUT2D eigenvalue weighted by atomic mass is 10.1. The number of nitrogens with one attached hydrogen (secondary N) is 1. The minimum absolute atomic E-state index is 0.514. The normalized spacial score (nSPS) is 10.8. The van der Waals surface area contributed by atoms with Crippen LogP contribution in [0.5, 0.6) is 0 Å². The van der Waals surface area contributed by atoms with Crippen LogP contribution in [-0.4, -0.2) is 9.97 Å². The van der Waals surface area contributed by atoms with Crippen LogP contribution in [0.25, 0.3) is 10.8 Å². The van der Waals surface area contributed by atoms with Gasteiger partial charge >= 0.3 is 0 Å². The minimum atomic E-state index is 0.514. The van der Waals surface area contributed by atoms with E-state index in [2.05, 4.69) is 33.5 Å². The molecule has 26 heavy (non-hydrogen) atoms. The van der Waals surface area contributed by atoms with Gasteiger partial charge in [-0.25, -0.2) is 9.97 Å². The molecule has 3 aromatic carbocycles. The summed E-state index contributed by atoms with van der Waals surface area (Å²) in [6, 6.07) is 21.8. The van der Waals surface area contributed by atoms with Gasteiger partial charge in [0.05, 0.1) is 0 Å². The molecule has 0 saturated carbocycles. The Kier molecular flexibility index (Phi) is 4.65. The number of hydrogen-bond acceptors (Lipinski definition) is 5. The van der Waals surface area contributed by atoms with Crippen molar-refractivity contribution in [1.82, 2.24) is 9.97 Å². The highest BCUT2D eigenvalue weighted by molar-refractivity contribution is 7.99. The fourth-order valence-corrected chi connectivity index (χ4v) is 3.56. The molecule has 128 valence electrons. The first-order valence-electron chi connectivity index (χ1n) is 7.99. The molecular weight excluding hydrogens is 364 g/mol. The molecule has 1 aromatic heterocycles. The Balaban J connectivity index is 1.66. The average Bonchev–Trinajstić information content (AvgIpc) is 2.67. The van der Waals surface area contributed by atoms with E-state index in [0.29, 0.717) is 21.6 Å². The maximum atomic E-state index is 6.32. The molecule has 4 rings (SSSR count). The molecule has 0 bridgehead atoms. The van der Waals surface area contributed by atoms with Gasteiger partial charge in [-0.05, 0) is 35.7 Å². The van der Waals surface area contributed by atoms with Crippen LogP contribution in [0.15, 0.2) is 83.0 Å². The number of rotatable bonds is 4. The zero-order valence-corrected chi connectivity index (χ0v) is 15.3. The molecule has 0 unspecified atom stereocenters. The van der Waals surface area contributed by atoms with E-state index in [1.165, 1.54) is 18.1 Å². The molecular formula is C20H15ClN4S. The van der Waals surface area contributed by atoms with Crippen molar-refractivity contribution in [3.8, 4) is 0 Å². The van der Waals surface area contributed by atoms with Gasteiger partial charge in [-0.15, -0.1) is 0 Å². The fourth-order valence-electron chi connectivity index (χ4n) is 2.64. The van der Waals surface area contributed by atoms with Gasteiger partial charge in [0.2, 0.25) is 0 Å². The van der Waals surface area contributed by atoms with Crippen LogP contribution in [-0.2, 0) is 0 Å². The number of benzene rings is 3. The highest BCUT2D eigenvalue weighted by atomic mass is 35.5. The van der Waals surface area contributed by atoms with Gasteiger partial charge in [-0.3, -0.25) is 0 Å². The molecule has 0 aliphatic carbocycles. The predicted molar refractivity (Wildman–Crippen MR) is 109 cm³/mol. The number of anilines is 3. The Morgan fingerprint density at radius 2 is 1.65 bits per heavy atom. The van der Waals surface area contributed by atoms with E-state index in [1.54, 1.807) is 0 Å². The second kappa shape index (κ2) is 7.23. The number of halogens is 1. The molecule has 0 atom stereocenters. The van der Waals surface area contributed by atoms with Crippen molar-refractivity contribution in [2.24, 2.45) is 0 Å². The maximum Gasteiger partial charge on any atom is 0.158 e. The van der Waals surface area contributed by atoms with E-state index in [9.17, 15) is 0 Å².